The molecule has 0 radical (unpaired) electrons. The Kier molecular flexibility index (Phi) is 3.42. The molecule has 2 aromatic rings. The molecule has 1 aliphatic carbocycles. The van der Waals surface area contributed by atoms with Gasteiger partial charge in [0.15, 0.2) is 0 Å². The average Bonchev–Trinajstić information content (AvgIpc) is 2.88. The molecule has 3 rings (SSSR count). The maximum Gasteiger partial charge on any atom is 0.103 e. The summed E-state index contributed by atoms with van der Waals surface area (Å²) in [5, 5.41) is 4.59. The van der Waals surface area contributed by atoms with Gasteiger partial charge in [0, 0.05) is 22.5 Å². The normalized spacial score (nSPS) is 18.8. The monoisotopic (exact) mass is 272 g/mol. The van der Waals surface area contributed by atoms with Crippen LogP contribution in [0.4, 0.5) is 0 Å². The second kappa shape index (κ2) is 5.06. The van der Waals surface area contributed by atoms with Gasteiger partial charge in [-0.25, -0.2) is 4.98 Å². The Morgan fingerprint density at radius 2 is 2.00 bits per heavy atom. The number of nitrogens with zero attached hydrogens (tertiary/aromatic N) is 1. The van der Waals surface area contributed by atoms with Crippen molar-refractivity contribution in [3.8, 4) is 0 Å². The van der Waals surface area contributed by atoms with E-state index in [1.54, 1.807) is 0 Å². The van der Waals surface area contributed by atoms with Crippen molar-refractivity contribution >= 4 is 11.3 Å². The van der Waals surface area contributed by atoms with Gasteiger partial charge in [-0.2, -0.15) is 0 Å². The first kappa shape index (κ1) is 12.8. The molecule has 3 heteroatoms. The van der Waals surface area contributed by atoms with Crippen LogP contribution in [0.5, 0.6) is 0 Å². The van der Waals surface area contributed by atoms with Gasteiger partial charge >= 0.3 is 0 Å². The molecule has 1 atom stereocenters. The number of hydrogen-bond donors (Lipinski definition) is 1. The highest BCUT2D eigenvalue weighted by Gasteiger charge is 2.42. The van der Waals surface area contributed by atoms with E-state index in [2.05, 4.69) is 42.6 Å². The summed E-state index contributed by atoms with van der Waals surface area (Å²) >= 11 is 1.87. The summed E-state index contributed by atoms with van der Waals surface area (Å²) < 4.78 is 0. The molecular weight excluding hydrogens is 252 g/mol. The average molecular weight is 272 g/mol. The van der Waals surface area contributed by atoms with E-state index in [0.717, 1.165) is 0 Å². The Morgan fingerprint density at radius 1 is 1.26 bits per heavy atom. The highest BCUT2D eigenvalue weighted by Crippen LogP contribution is 2.50. The number of hydrogen-bond acceptors (Lipinski definition) is 3. The van der Waals surface area contributed by atoms with E-state index in [4.69, 9.17) is 4.98 Å². The zero-order valence-corrected chi connectivity index (χ0v) is 12.3. The zero-order valence-electron chi connectivity index (χ0n) is 11.5. The third-order valence-corrected chi connectivity index (χ3v) is 5.71. The van der Waals surface area contributed by atoms with Crippen LogP contribution in [0.1, 0.15) is 47.7 Å². The number of benzene rings is 1. The smallest absolute Gasteiger partial charge is 0.103 e. The first-order chi connectivity index (χ1) is 9.26. The number of nitrogens with one attached hydrogen (secondary N) is 1. The van der Waals surface area contributed by atoms with Gasteiger partial charge in [0.1, 0.15) is 5.01 Å². The van der Waals surface area contributed by atoms with Crippen LogP contribution in [0.2, 0.25) is 0 Å². The summed E-state index contributed by atoms with van der Waals surface area (Å²) in [6, 6.07) is 11.3. The molecule has 0 amide bonds. The Balaban J connectivity index is 1.97. The maximum absolute atomic E-state index is 4.73. The van der Waals surface area contributed by atoms with E-state index in [0.29, 0.717) is 6.04 Å². The van der Waals surface area contributed by atoms with Gasteiger partial charge < -0.3 is 5.32 Å². The van der Waals surface area contributed by atoms with Crippen molar-refractivity contribution in [1.29, 1.82) is 0 Å². The van der Waals surface area contributed by atoms with Crippen molar-refractivity contribution in [3.63, 3.8) is 0 Å². The highest BCUT2D eigenvalue weighted by molar-refractivity contribution is 7.11. The minimum atomic E-state index is 0.192. The lowest BCUT2D eigenvalue weighted by molar-refractivity contribution is 0.300. The number of aromatic nitrogens is 1. The van der Waals surface area contributed by atoms with Crippen molar-refractivity contribution in [1.82, 2.24) is 10.3 Å². The van der Waals surface area contributed by atoms with Crippen molar-refractivity contribution in [3.05, 3.63) is 52.0 Å². The Labute approximate surface area is 118 Å². The fourth-order valence-electron chi connectivity index (χ4n) is 2.76. The lowest BCUT2D eigenvalue weighted by atomic mass is 9.65. The molecule has 1 heterocycles. The maximum atomic E-state index is 4.73. The lowest BCUT2D eigenvalue weighted by Crippen LogP contribution is -2.35. The van der Waals surface area contributed by atoms with Crippen molar-refractivity contribution in [2.75, 3.05) is 7.05 Å². The molecule has 1 fully saturated rings. The minimum absolute atomic E-state index is 0.192. The van der Waals surface area contributed by atoms with Gasteiger partial charge in [0.25, 0.3) is 0 Å². The molecule has 0 bridgehead atoms. The summed E-state index contributed by atoms with van der Waals surface area (Å²) in [6.45, 7) is 2.19. The molecule has 1 aromatic heterocycles. The fourth-order valence-corrected chi connectivity index (χ4v) is 4.01. The van der Waals surface area contributed by atoms with Crippen molar-refractivity contribution < 1.29 is 0 Å². The Bertz CT molecular complexity index is 543. The van der Waals surface area contributed by atoms with E-state index >= 15 is 0 Å². The molecule has 0 saturated heterocycles. The molecule has 1 unspecified atom stereocenters. The second-order valence-corrected chi connectivity index (χ2v) is 6.44. The standard InChI is InChI=1S/C16H20N2S/c1-12(17-2)14-11-18-15(19-14)16(9-6-10-16)13-7-4-3-5-8-13/h3-5,7-8,11-12,17H,6,9-10H2,1-2H3. The molecule has 1 aliphatic rings. The number of thiazole rings is 1. The van der Waals surface area contributed by atoms with Crippen LogP contribution in [0.25, 0.3) is 0 Å². The summed E-state index contributed by atoms with van der Waals surface area (Å²) in [4.78, 5) is 6.07. The van der Waals surface area contributed by atoms with E-state index in [1.807, 2.05) is 24.6 Å². The largest absolute Gasteiger partial charge is 0.312 e. The van der Waals surface area contributed by atoms with Crippen LogP contribution >= 0.6 is 11.3 Å². The Hall–Kier alpha value is -1.19. The Morgan fingerprint density at radius 3 is 2.58 bits per heavy atom. The van der Waals surface area contributed by atoms with Crippen LogP contribution in [-0.4, -0.2) is 12.0 Å². The van der Waals surface area contributed by atoms with E-state index in [9.17, 15) is 0 Å². The lowest BCUT2D eigenvalue weighted by Gasteiger charge is -2.40. The zero-order chi connectivity index (χ0) is 13.3. The van der Waals surface area contributed by atoms with Crippen LogP contribution in [0.15, 0.2) is 36.5 Å². The van der Waals surface area contributed by atoms with Gasteiger partial charge in [-0.15, -0.1) is 11.3 Å². The van der Waals surface area contributed by atoms with Gasteiger partial charge in [-0.1, -0.05) is 36.8 Å². The van der Waals surface area contributed by atoms with Gasteiger partial charge in [-0.05, 0) is 32.4 Å². The SMILES string of the molecule is CNC(C)c1cnc(C2(c3ccccc3)CCC2)s1. The van der Waals surface area contributed by atoms with Gasteiger partial charge in [0.05, 0.1) is 0 Å². The fraction of sp³-hybridized carbons (Fsp3) is 0.438. The molecule has 1 saturated carbocycles. The summed E-state index contributed by atoms with van der Waals surface area (Å²) in [5.74, 6) is 0. The summed E-state index contributed by atoms with van der Waals surface area (Å²) in [6.07, 6.45) is 5.82. The molecule has 2 nitrogen and oxygen atoms in total. The van der Waals surface area contributed by atoms with Crippen LogP contribution in [0.3, 0.4) is 0 Å². The van der Waals surface area contributed by atoms with E-state index < -0.39 is 0 Å². The second-order valence-electron chi connectivity index (χ2n) is 5.38. The number of rotatable bonds is 4. The highest BCUT2D eigenvalue weighted by atomic mass is 32.1. The molecular formula is C16H20N2S. The first-order valence-corrected chi connectivity index (χ1v) is 7.77. The van der Waals surface area contributed by atoms with Crippen molar-refractivity contribution in [2.45, 2.75) is 37.6 Å². The minimum Gasteiger partial charge on any atom is -0.312 e. The predicted octanol–water partition coefficient (Wildman–Crippen LogP) is 3.89. The molecule has 19 heavy (non-hydrogen) atoms. The van der Waals surface area contributed by atoms with Gasteiger partial charge in [0.2, 0.25) is 0 Å². The van der Waals surface area contributed by atoms with E-state index in [-0.39, 0.29) is 5.41 Å². The topological polar surface area (TPSA) is 24.9 Å². The molecule has 100 valence electrons. The first-order valence-electron chi connectivity index (χ1n) is 6.95. The molecule has 1 N–H and O–H groups in total. The molecule has 0 spiro atoms. The summed E-state index contributed by atoms with van der Waals surface area (Å²) in [5.41, 5.74) is 1.62. The van der Waals surface area contributed by atoms with Crippen LogP contribution in [-0.2, 0) is 5.41 Å². The third-order valence-electron chi connectivity index (χ3n) is 4.33. The van der Waals surface area contributed by atoms with Crippen molar-refractivity contribution in [2.24, 2.45) is 0 Å². The molecule has 1 aromatic carbocycles. The van der Waals surface area contributed by atoms with Crippen LogP contribution in [0, 0.1) is 0 Å². The molecule has 0 aliphatic heterocycles. The third kappa shape index (κ3) is 2.11. The van der Waals surface area contributed by atoms with Gasteiger partial charge in [-0.3, -0.25) is 0 Å². The van der Waals surface area contributed by atoms with Crippen LogP contribution < -0.4 is 5.32 Å². The quantitative estimate of drug-likeness (QED) is 0.913. The predicted molar refractivity (Wildman–Crippen MR) is 80.7 cm³/mol. The van der Waals surface area contributed by atoms with E-state index in [1.165, 1.54) is 34.7 Å². The summed E-state index contributed by atoms with van der Waals surface area (Å²) in [7, 11) is 2.00.